The molecule has 24 nitrogen and oxygen atoms in total. The van der Waals surface area contributed by atoms with Gasteiger partial charge in [-0.3, -0.25) is 9.59 Å². The number of carboxylic acid groups (broad SMARTS) is 3. The van der Waals surface area contributed by atoms with Gasteiger partial charge in [0.05, 0.1) is 73.5 Å². The Morgan fingerprint density at radius 2 is 0.613 bits per heavy atom. The van der Waals surface area contributed by atoms with Crippen LogP contribution in [0.1, 0.15) is 45.0 Å². The smallest absolute Gasteiger partial charge is 0.657 e. The number of nitrogens with zero attached hydrogens (tertiary/aromatic N) is 12. The Morgan fingerprint density at radius 3 is 0.869 bits per heavy atom. The van der Waals surface area contributed by atoms with Crippen molar-refractivity contribution < 1.29 is 77.7 Å². The van der Waals surface area contributed by atoms with Gasteiger partial charge in [0.15, 0.2) is 26.9 Å². The number of aliphatic carboxylic acids is 3. The molecule has 0 saturated carbocycles. The molecule has 0 saturated heterocycles. The van der Waals surface area contributed by atoms with Crippen molar-refractivity contribution in [3.63, 3.8) is 0 Å². The molecule has 0 aliphatic carbocycles. The molecule has 0 fully saturated rings. The number of aromatic nitrogens is 8. The molecule has 0 atom stereocenters. The van der Waals surface area contributed by atoms with Crippen LogP contribution in [-0.2, 0) is 70.3 Å². The molecule has 8 bridgehead atoms. The quantitative estimate of drug-likeness (QED) is 0.0119. The summed E-state index contributed by atoms with van der Waals surface area (Å²) in [5.74, 6) is -1.83. The van der Waals surface area contributed by atoms with Crippen molar-refractivity contribution in [3.05, 3.63) is 370 Å². The zero-order valence-corrected chi connectivity index (χ0v) is 75.3. The van der Waals surface area contributed by atoms with E-state index in [4.69, 9.17) is 50.2 Å². The van der Waals surface area contributed by atoms with Crippen LogP contribution in [-0.4, -0.2) is 67.9 Å². The normalized spacial score (nSPS) is 12.1. The summed E-state index contributed by atoms with van der Waals surface area (Å²) in [4.78, 5) is 72.7. The fourth-order valence-corrected chi connectivity index (χ4v) is 18.1. The van der Waals surface area contributed by atoms with Crippen LogP contribution >= 0.6 is 0 Å². The van der Waals surface area contributed by atoms with E-state index >= 15 is 0 Å². The molecule has 7 aromatic heterocycles. The summed E-state index contributed by atoms with van der Waals surface area (Å²) >= 11 is 0. The van der Waals surface area contributed by atoms with E-state index in [0.29, 0.717) is 112 Å². The average molecular weight is 1840 g/mol. The van der Waals surface area contributed by atoms with E-state index in [1.807, 2.05) is 312 Å². The number of allylic oxidation sites excluding steroid dienone is 1. The van der Waals surface area contributed by atoms with E-state index in [-0.39, 0.29) is 69.8 Å². The van der Waals surface area contributed by atoms with Crippen LogP contribution in [0, 0.1) is 40.6 Å². The Morgan fingerprint density at radius 1 is 0.343 bits per heavy atom. The van der Waals surface area contributed by atoms with Gasteiger partial charge >= 0.3 is 37.4 Å². The topological polar surface area (TPSA) is 325 Å². The molecule has 2 aliphatic heterocycles. The summed E-state index contributed by atoms with van der Waals surface area (Å²) in [5, 5.41) is 65.3. The van der Waals surface area contributed by atoms with Crippen LogP contribution in [0.15, 0.2) is 314 Å². The fourth-order valence-electron chi connectivity index (χ4n) is 18.1. The standard InChI is InChI=1S/C112H70N12O12.Zn/c1-116-97(112(130)131)57-69-21-49-105-88(56-69)84-13-5-9-17-101(84)124(105)64-135-79-36-28-73(29-37-79)109-95-44-40-91(119-95)106(70-22-30-76(31-23-70)132-61-121-98-14-6-2-10-81(98)85-53-66(18-46-102(85)121)50-74(58-113)110(126)127)89-38-42-93(117-89)108(72-26-34-78(35-27-72)134-63-123-100-16-8-4-12-83(100)87-55-68(20-48-104(87)123)52-80(60-115)136-65-125)94-43-39-90(118-94)107(92-41-45-96(109)120-92)71-24-32-77(33-25-71)133-62-122-99-15-7-3-11-82(99)86-54-67(19-47-103(86)122)51-75(59-114)111(128)129;/h2-57,65H,61-64H2,(H5,117,118,119,120,126,127,128,129,130,131);/q;+2/p-2/b74-50-,75-51-,80-52+,97-57-,106-89?,106-91?,107-90?,107-92?,108-93?,108-94?,109-95?,109-96?;. The molecule has 0 unspecified atom stereocenters. The minimum absolute atomic E-state index is 0. The first-order chi connectivity index (χ1) is 66.6. The van der Waals surface area contributed by atoms with Gasteiger partial charge in [0.25, 0.3) is 12.2 Å². The van der Waals surface area contributed by atoms with Crippen LogP contribution in [0.25, 0.3) is 207 Å². The third-order valence-electron chi connectivity index (χ3n) is 24.4. The molecular weight excluding hydrogens is 1770 g/mol. The van der Waals surface area contributed by atoms with E-state index in [2.05, 4.69) is 14.0 Å². The zero-order valence-electron chi connectivity index (χ0n) is 72.3. The molecule has 19 aromatic rings. The molecule has 0 spiro atoms. The second-order valence-electron chi connectivity index (χ2n) is 32.2. The molecule has 650 valence electrons. The first kappa shape index (κ1) is 86.1. The summed E-state index contributed by atoms with van der Waals surface area (Å²) in [5.41, 5.74) is 18.8. The number of ether oxygens (including phenoxy) is 5. The van der Waals surface area contributed by atoms with Gasteiger partial charge in [0, 0.05) is 43.1 Å². The summed E-state index contributed by atoms with van der Waals surface area (Å²) in [7, 11) is 0. The fraction of sp³-hybridized carbons (Fsp3) is 0.0357. The Hall–Kier alpha value is -18.9. The molecule has 2 aliphatic rings. The van der Waals surface area contributed by atoms with Crippen molar-refractivity contribution >= 4 is 182 Å². The minimum Gasteiger partial charge on any atom is -0.657 e. The van der Waals surface area contributed by atoms with Crippen molar-refractivity contribution in [2.75, 3.05) is 0 Å². The SMILES string of the molecule is [C-]#[N+]/C(=C\c1ccc2c(c1)c1ccccc1n2COc1ccc(-c2c3nc(c(-c4ccc(OCn5c6ccccc6c6cc(/C=C(/C#N)C(=O)O)ccc65)cc4)c4ccc([n-]4)c(-c4ccc(OCn5c6ccccc6c6cc(/C=C(\C#N)OC=O)ccc65)cc4)c4nc(c(-c5ccc(OCn6c7ccccc7c7cc(/C=C(/C#N)C(=O)O)ccc76)cc5)c5ccc2[n-]5)C=C4)C=C3)cc1)C(=O)O.[Zn+2]. The molecule has 12 aromatic carbocycles. The van der Waals surface area contributed by atoms with Crippen LogP contribution < -0.4 is 28.9 Å². The van der Waals surface area contributed by atoms with Gasteiger partial charge in [0.2, 0.25) is 5.76 Å². The summed E-state index contributed by atoms with van der Waals surface area (Å²) in [6.45, 7) is 8.15. The molecular formula is C112H68N12O12Zn. The zero-order chi connectivity index (χ0) is 92.8. The van der Waals surface area contributed by atoms with Gasteiger partial charge in [-0.05, 0) is 237 Å². The van der Waals surface area contributed by atoms with Crippen molar-refractivity contribution in [1.29, 1.82) is 15.8 Å². The van der Waals surface area contributed by atoms with E-state index < -0.39 is 23.6 Å². The number of fused-ring (bicyclic) bond motifs is 20. The Bertz CT molecular complexity index is 8200. The maximum atomic E-state index is 11.9. The van der Waals surface area contributed by atoms with E-state index in [9.17, 15) is 50.3 Å². The third-order valence-corrected chi connectivity index (χ3v) is 24.4. The van der Waals surface area contributed by atoms with Gasteiger partial charge in [-0.2, -0.15) is 15.8 Å². The van der Waals surface area contributed by atoms with Gasteiger partial charge in [-0.25, -0.2) is 24.4 Å². The molecule has 0 radical (unpaired) electrons. The molecule has 3 N–H and O–H groups in total. The molecule has 137 heavy (non-hydrogen) atoms. The predicted molar refractivity (Wildman–Crippen MR) is 524 cm³/mol. The number of carbonyl (C=O) groups is 4. The van der Waals surface area contributed by atoms with Crippen LogP contribution in [0.2, 0.25) is 0 Å². The van der Waals surface area contributed by atoms with Crippen molar-refractivity contribution in [2.24, 2.45) is 0 Å². The maximum Gasteiger partial charge on any atom is 2.00 e. The number of carbonyl (C=O) groups excluding carboxylic acids is 1. The predicted octanol–water partition coefficient (Wildman–Crippen LogP) is 23.5. The van der Waals surface area contributed by atoms with Crippen molar-refractivity contribution in [1.82, 2.24) is 38.2 Å². The molecule has 9 heterocycles. The molecule has 25 heteroatoms. The van der Waals surface area contributed by atoms with Gasteiger partial charge < -0.3 is 67.2 Å². The average Bonchev–Trinajstić information content (AvgIpc) is 1.60. The number of hydrogen-bond donors (Lipinski definition) is 3. The summed E-state index contributed by atoms with van der Waals surface area (Å²) in [6, 6.07) is 98.7. The number of para-hydroxylation sites is 4. The molecule has 21 rings (SSSR count). The number of rotatable bonds is 25. The Kier molecular flexibility index (Phi) is 22.9. The van der Waals surface area contributed by atoms with E-state index in [1.54, 1.807) is 30.3 Å². The third kappa shape index (κ3) is 16.3. The summed E-state index contributed by atoms with van der Waals surface area (Å²) < 4.78 is 40.0. The van der Waals surface area contributed by atoms with Crippen LogP contribution in [0.5, 0.6) is 23.0 Å². The number of carboxylic acids is 3. The van der Waals surface area contributed by atoms with Crippen molar-refractivity contribution in [2.45, 2.75) is 26.9 Å². The van der Waals surface area contributed by atoms with Crippen LogP contribution in [0.4, 0.5) is 0 Å². The van der Waals surface area contributed by atoms with E-state index in [0.717, 1.165) is 109 Å². The van der Waals surface area contributed by atoms with Gasteiger partial charge in [0.1, 0.15) is 52.4 Å². The Labute approximate surface area is 791 Å². The second kappa shape index (κ2) is 36.4. The van der Waals surface area contributed by atoms with E-state index in [1.165, 1.54) is 24.3 Å². The number of hydrogen-bond acceptors (Lipinski definition) is 14. The van der Waals surface area contributed by atoms with Crippen molar-refractivity contribution in [3.8, 4) is 85.7 Å². The van der Waals surface area contributed by atoms with Crippen LogP contribution in [0.3, 0.4) is 0 Å². The Balaban J connectivity index is 0.0000116. The monoisotopic (exact) mass is 1840 g/mol. The maximum absolute atomic E-state index is 11.9. The number of benzene rings is 12. The largest absolute Gasteiger partial charge is 2.00 e. The minimum atomic E-state index is -1.32. The second-order valence-corrected chi connectivity index (χ2v) is 32.2. The molecule has 0 amide bonds. The van der Waals surface area contributed by atoms with Gasteiger partial charge in [-0.1, -0.05) is 170 Å². The van der Waals surface area contributed by atoms with Gasteiger partial charge in [-0.15, -0.1) is 22.1 Å². The summed E-state index contributed by atoms with van der Waals surface area (Å²) in [6.07, 6.45) is 13.6. The first-order valence-electron chi connectivity index (χ1n) is 42.9. The first-order valence-corrected chi connectivity index (χ1v) is 42.9. The number of nitriles is 3.